The molecule has 24 heavy (non-hydrogen) atoms. The van der Waals surface area contributed by atoms with Crippen molar-refractivity contribution in [1.29, 1.82) is 0 Å². The molecule has 0 aromatic heterocycles. The molecular weight excluding hydrogens is 302 g/mol. The molecule has 1 N–H and O–H groups in total. The SMILES string of the molecule is CCCCN1C(=O)C(O)=C(C(=O)CC(C)C)C1c1ccccc1C. The van der Waals surface area contributed by atoms with Gasteiger partial charge in [0.15, 0.2) is 11.5 Å². The molecule has 1 aromatic rings. The summed E-state index contributed by atoms with van der Waals surface area (Å²) in [6, 6.07) is 7.28. The Bertz CT molecular complexity index is 661. The number of rotatable bonds is 7. The second-order valence-corrected chi connectivity index (χ2v) is 6.89. The van der Waals surface area contributed by atoms with E-state index in [0.717, 1.165) is 24.0 Å². The molecule has 1 aliphatic heterocycles. The van der Waals surface area contributed by atoms with E-state index in [9.17, 15) is 14.7 Å². The summed E-state index contributed by atoms with van der Waals surface area (Å²) >= 11 is 0. The number of Topliss-reactive ketones (excluding diaryl/α,β-unsaturated/α-hetero) is 1. The largest absolute Gasteiger partial charge is 0.503 e. The lowest BCUT2D eigenvalue weighted by molar-refractivity contribution is -0.129. The minimum absolute atomic E-state index is 0.136. The molecule has 4 heteroatoms. The molecule has 0 radical (unpaired) electrons. The number of aryl methyl sites for hydroxylation is 1. The Balaban J connectivity index is 2.50. The van der Waals surface area contributed by atoms with Gasteiger partial charge < -0.3 is 10.0 Å². The number of aliphatic hydroxyl groups excluding tert-OH is 1. The van der Waals surface area contributed by atoms with E-state index < -0.39 is 11.9 Å². The molecule has 1 atom stereocenters. The summed E-state index contributed by atoms with van der Waals surface area (Å²) in [5, 5.41) is 10.4. The highest BCUT2D eigenvalue weighted by Crippen LogP contribution is 2.39. The van der Waals surface area contributed by atoms with Crippen molar-refractivity contribution < 1.29 is 14.7 Å². The van der Waals surface area contributed by atoms with E-state index in [1.54, 1.807) is 4.90 Å². The van der Waals surface area contributed by atoms with Gasteiger partial charge in [0.2, 0.25) is 0 Å². The normalized spacial score (nSPS) is 18.0. The molecule has 130 valence electrons. The maximum Gasteiger partial charge on any atom is 0.290 e. The Hall–Kier alpha value is -2.10. The van der Waals surface area contributed by atoms with Crippen molar-refractivity contribution in [2.45, 2.75) is 53.0 Å². The van der Waals surface area contributed by atoms with E-state index in [4.69, 9.17) is 0 Å². The summed E-state index contributed by atoms with van der Waals surface area (Å²) in [6.45, 7) is 8.49. The average Bonchev–Trinajstić information content (AvgIpc) is 2.77. The number of carbonyl (C=O) groups is 2. The number of hydrogen-bond acceptors (Lipinski definition) is 3. The summed E-state index contributed by atoms with van der Waals surface area (Å²) in [7, 11) is 0. The van der Waals surface area contributed by atoms with Crippen molar-refractivity contribution in [3.63, 3.8) is 0 Å². The number of ketones is 1. The van der Waals surface area contributed by atoms with Gasteiger partial charge in [0, 0.05) is 13.0 Å². The Morgan fingerprint density at radius 3 is 2.54 bits per heavy atom. The first kappa shape index (κ1) is 18.2. The van der Waals surface area contributed by atoms with E-state index in [1.165, 1.54) is 0 Å². The zero-order chi connectivity index (χ0) is 17.9. The van der Waals surface area contributed by atoms with Crippen LogP contribution in [0, 0.1) is 12.8 Å². The lowest BCUT2D eigenvalue weighted by Gasteiger charge is -2.28. The molecule has 1 aliphatic rings. The molecule has 0 aliphatic carbocycles. The summed E-state index contributed by atoms with van der Waals surface area (Å²) in [4.78, 5) is 26.9. The van der Waals surface area contributed by atoms with Crippen molar-refractivity contribution in [3.05, 3.63) is 46.7 Å². The Labute approximate surface area is 144 Å². The zero-order valence-electron chi connectivity index (χ0n) is 15.0. The van der Waals surface area contributed by atoms with Crippen LogP contribution >= 0.6 is 0 Å². The fourth-order valence-electron chi connectivity index (χ4n) is 3.20. The van der Waals surface area contributed by atoms with E-state index in [0.29, 0.717) is 13.0 Å². The standard InChI is InChI=1S/C20H27NO3/c1-5-6-11-21-18(15-10-8-7-9-14(15)4)17(19(23)20(21)24)16(22)12-13(2)3/h7-10,13,18,23H,5-6,11-12H2,1-4H3. The van der Waals surface area contributed by atoms with Crippen LogP contribution in [0.3, 0.4) is 0 Å². The van der Waals surface area contributed by atoms with Crippen LogP contribution in [0.1, 0.15) is 57.2 Å². The fourth-order valence-corrected chi connectivity index (χ4v) is 3.20. The molecule has 1 aromatic carbocycles. The van der Waals surface area contributed by atoms with Crippen molar-refractivity contribution in [3.8, 4) is 0 Å². The highest BCUT2D eigenvalue weighted by atomic mass is 16.3. The monoisotopic (exact) mass is 329 g/mol. The number of nitrogens with zero attached hydrogens (tertiary/aromatic N) is 1. The third-order valence-corrected chi connectivity index (χ3v) is 4.43. The first-order valence-corrected chi connectivity index (χ1v) is 8.71. The Morgan fingerprint density at radius 2 is 1.96 bits per heavy atom. The molecule has 1 unspecified atom stereocenters. The Kier molecular flexibility index (Phi) is 5.81. The maximum absolute atomic E-state index is 12.7. The second-order valence-electron chi connectivity index (χ2n) is 6.89. The highest BCUT2D eigenvalue weighted by molar-refractivity contribution is 6.09. The van der Waals surface area contributed by atoms with Gasteiger partial charge in [0.05, 0.1) is 11.6 Å². The number of unbranched alkanes of at least 4 members (excludes halogenated alkanes) is 1. The van der Waals surface area contributed by atoms with Crippen LogP contribution in [0.5, 0.6) is 0 Å². The van der Waals surface area contributed by atoms with E-state index in [1.807, 2.05) is 45.0 Å². The first-order chi connectivity index (χ1) is 11.4. The maximum atomic E-state index is 12.7. The zero-order valence-corrected chi connectivity index (χ0v) is 15.0. The summed E-state index contributed by atoms with van der Waals surface area (Å²) in [5.41, 5.74) is 2.19. The topological polar surface area (TPSA) is 57.6 Å². The molecule has 4 nitrogen and oxygen atoms in total. The van der Waals surface area contributed by atoms with Gasteiger partial charge in [0.25, 0.3) is 5.91 Å². The molecule has 0 spiro atoms. The molecule has 0 fully saturated rings. The number of amides is 1. The second kappa shape index (κ2) is 7.65. The van der Waals surface area contributed by atoms with Crippen LogP contribution in [0.4, 0.5) is 0 Å². The van der Waals surface area contributed by atoms with E-state index >= 15 is 0 Å². The predicted molar refractivity (Wildman–Crippen MR) is 94.7 cm³/mol. The number of carbonyl (C=O) groups excluding carboxylic acids is 2. The van der Waals surface area contributed by atoms with Crippen LogP contribution in [0.15, 0.2) is 35.6 Å². The van der Waals surface area contributed by atoms with Gasteiger partial charge in [-0.1, -0.05) is 51.5 Å². The predicted octanol–water partition coefficient (Wildman–Crippen LogP) is 4.11. The highest BCUT2D eigenvalue weighted by Gasteiger charge is 2.43. The van der Waals surface area contributed by atoms with Gasteiger partial charge >= 0.3 is 0 Å². The van der Waals surface area contributed by atoms with Gasteiger partial charge in [-0.25, -0.2) is 0 Å². The smallest absolute Gasteiger partial charge is 0.290 e. The van der Waals surface area contributed by atoms with Crippen LogP contribution in [-0.2, 0) is 9.59 Å². The van der Waals surface area contributed by atoms with Gasteiger partial charge in [-0.05, 0) is 30.4 Å². The van der Waals surface area contributed by atoms with Gasteiger partial charge in [0.1, 0.15) is 0 Å². The number of benzene rings is 1. The van der Waals surface area contributed by atoms with Gasteiger partial charge in [-0.2, -0.15) is 0 Å². The number of aliphatic hydroxyl groups is 1. The van der Waals surface area contributed by atoms with E-state index in [2.05, 4.69) is 6.92 Å². The van der Waals surface area contributed by atoms with E-state index in [-0.39, 0.29) is 23.0 Å². The van der Waals surface area contributed by atoms with Crippen LogP contribution in [-0.4, -0.2) is 28.2 Å². The molecule has 2 rings (SSSR count). The van der Waals surface area contributed by atoms with Gasteiger partial charge in [-0.3, -0.25) is 9.59 Å². The van der Waals surface area contributed by atoms with Crippen molar-refractivity contribution in [2.24, 2.45) is 5.92 Å². The number of hydrogen-bond donors (Lipinski definition) is 1. The van der Waals surface area contributed by atoms with Crippen LogP contribution < -0.4 is 0 Å². The lowest BCUT2D eigenvalue weighted by atomic mass is 9.90. The molecule has 0 saturated carbocycles. The third kappa shape index (κ3) is 3.53. The molecule has 1 heterocycles. The quantitative estimate of drug-likeness (QED) is 0.819. The van der Waals surface area contributed by atoms with Crippen LogP contribution in [0.2, 0.25) is 0 Å². The van der Waals surface area contributed by atoms with Crippen LogP contribution in [0.25, 0.3) is 0 Å². The van der Waals surface area contributed by atoms with Crippen molar-refractivity contribution >= 4 is 11.7 Å². The average molecular weight is 329 g/mol. The summed E-state index contributed by atoms with van der Waals surface area (Å²) in [5.74, 6) is -0.757. The van der Waals surface area contributed by atoms with Crippen molar-refractivity contribution in [1.82, 2.24) is 4.90 Å². The van der Waals surface area contributed by atoms with Crippen molar-refractivity contribution in [2.75, 3.05) is 6.54 Å². The summed E-state index contributed by atoms with van der Waals surface area (Å²) in [6.07, 6.45) is 2.12. The molecular formula is C20H27NO3. The first-order valence-electron chi connectivity index (χ1n) is 8.71. The molecule has 0 bridgehead atoms. The minimum Gasteiger partial charge on any atom is -0.503 e. The van der Waals surface area contributed by atoms with Gasteiger partial charge in [-0.15, -0.1) is 0 Å². The third-order valence-electron chi connectivity index (χ3n) is 4.43. The molecule has 1 amide bonds. The lowest BCUT2D eigenvalue weighted by Crippen LogP contribution is -2.32. The fraction of sp³-hybridized carbons (Fsp3) is 0.500. The Morgan fingerprint density at radius 1 is 1.29 bits per heavy atom. The molecule has 0 saturated heterocycles. The minimum atomic E-state index is -0.475. The summed E-state index contributed by atoms with van der Waals surface area (Å²) < 4.78 is 0.